The topological polar surface area (TPSA) is 82.7 Å². The number of nitrogens with zero attached hydrogens (tertiary/aromatic N) is 4. The number of hydrogen-bond acceptors (Lipinski definition) is 5. The molecular weight excluding hydrogens is 328 g/mol. The Morgan fingerprint density at radius 2 is 2.04 bits per heavy atom. The van der Waals surface area contributed by atoms with Crippen molar-refractivity contribution in [3.8, 4) is 11.3 Å². The molecule has 3 heterocycles. The molecule has 4 rings (SSSR count). The highest BCUT2D eigenvalue weighted by Crippen LogP contribution is 2.33. The molecule has 1 fully saturated rings. The summed E-state index contributed by atoms with van der Waals surface area (Å²) in [5, 5.41) is 14.8. The van der Waals surface area contributed by atoms with Crippen LogP contribution in [0.4, 0.5) is 0 Å². The number of benzene rings is 1. The zero-order chi connectivity index (χ0) is 17.9. The number of aromatic nitrogens is 5. The first-order chi connectivity index (χ1) is 12.7. The van der Waals surface area contributed by atoms with Crippen molar-refractivity contribution in [3.05, 3.63) is 53.7 Å². The summed E-state index contributed by atoms with van der Waals surface area (Å²) in [7, 11) is 1.76. The van der Waals surface area contributed by atoms with Crippen molar-refractivity contribution in [2.75, 3.05) is 26.8 Å². The van der Waals surface area contributed by atoms with Gasteiger partial charge >= 0.3 is 0 Å². The van der Waals surface area contributed by atoms with Crippen LogP contribution in [0.1, 0.15) is 23.1 Å². The van der Waals surface area contributed by atoms with E-state index in [1.165, 1.54) is 5.56 Å². The molecule has 26 heavy (non-hydrogen) atoms. The number of rotatable bonds is 6. The maximum absolute atomic E-state index is 5.45. The van der Waals surface area contributed by atoms with Crippen molar-refractivity contribution in [3.63, 3.8) is 0 Å². The Labute approximate surface area is 152 Å². The predicted octanol–water partition coefficient (Wildman–Crippen LogP) is 2.37. The fourth-order valence-corrected chi connectivity index (χ4v) is 3.82. The van der Waals surface area contributed by atoms with Crippen LogP contribution in [0.3, 0.4) is 0 Å². The molecular formula is C19H24N6O. The Morgan fingerprint density at radius 3 is 2.77 bits per heavy atom. The molecule has 0 amide bonds. The predicted molar refractivity (Wildman–Crippen MR) is 98.5 cm³/mol. The number of aryl methyl sites for hydroxylation is 1. The third-order valence-corrected chi connectivity index (χ3v) is 5.02. The van der Waals surface area contributed by atoms with Crippen molar-refractivity contribution in [2.24, 2.45) is 5.92 Å². The number of H-pyrrole nitrogens is 2. The number of hydrogen-bond donors (Lipinski definition) is 2. The zero-order valence-electron chi connectivity index (χ0n) is 15.1. The number of aromatic amines is 2. The van der Waals surface area contributed by atoms with Crippen molar-refractivity contribution in [1.82, 2.24) is 30.3 Å². The van der Waals surface area contributed by atoms with Gasteiger partial charge in [-0.1, -0.05) is 30.3 Å². The van der Waals surface area contributed by atoms with Crippen LogP contribution in [0.25, 0.3) is 11.3 Å². The maximum Gasteiger partial charge on any atom is 0.155 e. The third-order valence-electron chi connectivity index (χ3n) is 5.02. The van der Waals surface area contributed by atoms with Gasteiger partial charge in [0.05, 0.1) is 18.5 Å². The van der Waals surface area contributed by atoms with Crippen LogP contribution < -0.4 is 0 Å². The zero-order valence-corrected chi connectivity index (χ0v) is 15.1. The molecule has 3 aromatic rings. The summed E-state index contributed by atoms with van der Waals surface area (Å²) in [5.74, 6) is 2.42. The number of ether oxygens (including phenoxy) is 1. The minimum Gasteiger partial charge on any atom is -0.384 e. The van der Waals surface area contributed by atoms with E-state index in [9.17, 15) is 0 Å². The van der Waals surface area contributed by atoms with Crippen LogP contribution in [-0.4, -0.2) is 57.1 Å². The standard InChI is InChI=1S/C19H24N6O/c1-13-21-19(24-22-13)17-11-25(10-16(17)12-26-2)9-15-8-20-23-18(15)14-6-4-3-5-7-14/h3-8,16-17H,9-12H2,1-2H3,(H,20,23)(H,21,22,24)/t16-,17+/m0/s1. The largest absolute Gasteiger partial charge is 0.384 e. The van der Waals surface area contributed by atoms with E-state index < -0.39 is 0 Å². The summed E-state index contributed by atoms with van der Waals surface area (Å²) in [6.07, 6.45) is 1.93. The Hall–Kier alpha value is -2.51. The van der Waals surface area contributed by atoms with Gasteiger partial charge in [-0.2, -0.15) is 10.2 Å². The van der Waals surface area contributed by atoms with E-state index in [1.807, 2.05) is 31.3 Å². The molecule has 1 aliphatic rings. The van der Waals surface area contributed by atoms with Crippen LogP contribution in [0.15, 0.2) is 36.5 Å². The summed E-state index contributed by atoms with van der Waals surface area (Å²) in [4.78, 5) is 7.00. The summed E-state index contributed by atoms with van der Waals surface area (Å²) in [6.45, 7) is 5.38. The van der Waals surface area contributed by atoms with E-state index in [0.29, 0.717) is 12.5 Å². The summed E-state index contributed by atoms with van der Waals surface area (Å²) in [5.41, 5.74) is 3.46. The molecule has 1 aromatic carbocycles. The van der Waals surface area contributed by atoms with Crippen LogP contribution in [-0.2, 0) is 11.3 Å². The van der Waals surface area contributed by atoms with E-state index in [4.69, 9.17) is 4.74 Å². The average molecular weight is 352 g/mol. The number of methoxy groups -OCH3 is 1. The Kier molecular flexibility index (Phi) is 4.81. The van der Waals surface area contributed by atoms with Crippen molar-refractivity contribution < 1.29 is 4.74 Å². The molecule has 0 unspecified atom stereocenters. The molecule has 1 aliphatic heterocycles. The molecule has 2 atom stereocenters. The quantitative estimate of drug-likeness (QED) is 0.712. The van der Waals surface area contributed by atoms with Crippen LogP contribution in [0.5, 0.6) is 0 Å². The van der Waals surface area contributed by atoms with Gasteiger partial charge in [-0.15, -0.1) is 0 Å². The molecule has 2 N–H and O–H groups in total. The fraction of sp³-hybridized carbons (Fsp3) is 0.421. The van der Waals surface area contributed by atoms with Gasteiger partial charge in [0.1, 0.15) is 5.82 Å². The summed E-state index contributed by atoms with van der Waals surface area (Å²) < 4.78 is 5.45. The minimum atomic E-state index is 0.284. The molecule has 7 heteroatoms. The van der Waals surface area contributed by atoms with E-state index in [1.54, 1.807) is 7.11 Å². The minimum absolute atomic E-state index is 0.284. The lowest BCUT2D eigenvalue weighted by atomic mass is 9.96. The molecule has 7 nitrogen and oxygen atoms in total. The first-order valence-electron chi connectivity index (χ1n) is 8.92. The lowest BCUT2D eigenvalue weighted by Crippen LogP contribution is -2.21. The van der Waals surface area contributed by atoms with E-state index in [-0.39, 0.29) is 5.92 Å². The van der Waals surface area contributed by atoms with E-state index >= 15 is 0 Å². The lowest BCUT2D eigenvalue weighted by Gasteiger charge is -2.15. The van der Waals surface area contributed by atoms with Gasteiger partial charge in [0.25, 0.3) is 0 Å². The van der Waals surface area contributed by atoms with Crippen LogP contribution >= 0.6 is 0 Å². The molecule has 1 saturated heterocycles. The van der Waals surface area contributed by atoms with Gasteiger partial charge in [0.2, 0.25) is 0 Å². The first-order valence-corrected chi connectivity index (χ1v) is 8.92. The number of nitrogens with one attached hydrogen (secondary N) is 2. The normalized spacial score (nSPS) is 20.7. The SMILES string of the molecule is COC[C@@H]1CN(Cc2cn[nH]c2-c2ccccc2)C[C@H]1c1n[nH]c(C)n1. The second kappa shape index (κ2) is 7.39. The number of likely N-dealkylation sites (tertiary alicyclic amines) is 1. The highest BCUT2D eigenvalue weighted by molar-refractivity contribution is 5.62. The van der Waals surface area contributed by atoms with Gasteiger partial charge in [0.15, 0.2) is 5.82 Å². The van der Waals surface area contributed by atoms with Crippen LogP contribution in [0.2, 0.25) is 0 Å². The second-order valence-electron chi connectivity index (χ2n) is 6.93. The molecule has 0 spiro atoms. The van der Waals surface area contributed by atoms with Crippen LogP contribution in [0, 0.1) is 12.8 Å². The van der Waals surface area contributed by atoms with Gasteiger partial charge in [-0.25, -0.2) is 4.98 Å². The van der Waals surface area contributed by atoms with Gasteiger partial charge < -0.3 is 4.74 Å². The van der Waals surface area contributed by atoms with Gasteiger partial charge in [0, 0.05) is 44.1 Å². The molecule has 2 aromatic heterocycles. The van der Waals surface area contributed by atoms with Crippen molar-refractivity contribution >= 4 is 0 Å². The molecule has 0 bridgehead atoms. The third kappa shape index (κ3) is 3.40. The monoisotopic (exact) mass is 352 g/mol. The van der Waals surface area contributed by atoms with E-state index in [0.717, 1.165) is 42.5 Å². The highest BCUT2D eigenvalue weighted by Gasteiger charge is 2.36. The Balaban J connectivity index is 1.52. The summed E-state index contributed by atoms with van der Waals surface area (Å²) >= 11 is 0. The molecule has 0 saturated carbocycles. The Morgan fingerprint density at radius 1 is 1.19 bits per heavy atom. The summed E-state index contributed by atoms with van der Waals surface area (Å²) in [6, 6.07) is 10.3. The average Bonchev–Trinajstić information content (AvgIpc) is 3.37. The first kappa shape index (κ1) is 16.9. The molecule has 0 radical (unpaired) electrons. The van der Waals surface area contributed by atoms with E-state index in [2.05, 4.69) is 42.4 Å². The Bertz CT molecular complexity index is 843. The van der Waals surface area contributed by atoms with Crippen molar-refractivity contribution in [1.29, 1.82) is 0 Å². The molecule has 136 valence electrons. The van der Waals surface area contributed by atoms with Gasteiger partial charge in [-0.3, -0.25) is 15.1 Å². The second-order valence-corrected chi connectivity index (χ2v) is 6.93. The van der Waals surface area contributed by atoms with Crippen molar-refractivity contribution in [2.45, 2.75) is 19.4 Å². The smallest absolute Gasteiger partial charge is 0.155 e. The van der Waals surface area contributed by atoms with Gasteiger partial charge in [-0.05, 0) is 12.5 Å². The molecule has 0 aliphatic carbocycles. The lowest BCUT2D eigenvalue weighted by molar-refractivity contribution is 0.146. The highest BCUT2D eigenvalue weighted by atomic mass is 16.5. The maximum atomic E-state index is 5.45. The fourth-order valence-electron chi connectivity index (χ4n) is 3.82.